The van der Waals surface area contributed by atoms with Crippen LogP contribution in [-0.2, 0) is 4.74 Å². The van der Waals surface area contributed by atoms with Gasteiger partial charge in [0.05, 0.1) is 11.6 Å². The van der Waals surface area contributed by atoms with E-state index in [0.29, 0.717) is 11.6 Å². The number of anilines is 1. The number of aromatic nitrogens is 1. The van der Waals surface area contributed by atoms with Gasteiger partial charge in [-0.3, -0.25) is 0 Å². The Hall–Kier alpha value is -0.800. The molecule has 3 nitrogen and oxygen atoms in total. The van der Waals surface area contributed by atoms with Gasteiger partial charge in [0.25, 0.3) is 0 Å². The molecule has 0 aliphatic heterocycles. The van der Waals surface area contributed by atoms with Crippen LogP contribution in [0.2, 0.25) is 5.02 Å². The SMILES string of the molecule is Clc1cccnc1NCCOCC1CC1. The van der Waals surface area contributed by atoms with Gasteiger partial charge in [-0.1, -0.05) is 11.6 Å². The Bertz CT molecular complexity index is 315. The summed E-state index contributed by atoms with van der Waals surface area (Å²) >= 11 is 5.93. The molecule has 1 aromatic rings. The van der Waals surface area contributed by atoms with E-state index in [1.165, 1.54) is 12.8 Å². The van der Waals surface area contributed by atoms with Crippen molar-refractivity contribution >= 4 is 17.4 Å². The summed E-state index contributed by atoms with van der Waals surface area (Å²) in [5, 5.41) is 3.79. The molecular weight excluding hydrogens is 212 g/mol. The first-order chi connectivity index (χ1) is 7.36. The van der Waals surface area contributed by atoms with Gasteiger partial charge in [0.1, 0.15) is 5.82 Å². The average Bonchev–Trinajstić information content (AvgIpc) is 3.04. The molecule has 1 aromatic heterocycles. The highest BCUT2D eigenvalue weighted by molar-refractivity contribution is 6.32. The van der Waals surface area contributed by atoms with Crippen LogP contribution < -0.4 is 5.32 Å². The summed E-state index contributed by atoms with van der Waals surface area (Å²) < 4.78 is 5.49. The first-order valence-electron chi connectivity index (χ1n) is 5.28. The summed E-state index contributed by atoms with van der Waals surface area (Å²) in [7, 11) is 0. The second kappa shape index (κ2) is 5.33. The van der Waals surface area contributed by atoms with Crippen molar-refractivity contribution < 1.29 is 4.74 Å². The number of rotatable bonds is 6. The van der Waals surface area contributed by atoms with Gasteiger partial charge in [0, 0.05) is 19.3 Å². The molecule has 0 spiro atoms. The van der Waals surface area contributed by atoms with E-state index in [1.807, 2.05) is 12.1 Å². The molecule has 0 radical (unpaired) electrons. The number of hydrogen-bond acceptors (Lipinski definition) is 3. The van der Waals surface area contributed by atoms with Gasteiger partial charge in [-0.25, -0.2) is 4.98 Å². The minimum atomic E-state index is 0.652. The second-order valence-electron chi connectivity index (χ2n) is 3.78. The van der Waals surface area contributed by atoms with Crippen LogP contribution in [0.5, 0.6) is 0 Å². The molecule has 0 amide bonds. The molecule has 0 bridgehead atoms. The van der Waals surface area contributed by atoms with E-state index in [9.17, 15) is 0 Å². The van der Waals surface area contributed by atoms with Crippen LogP contribution in [0.25, 0.3) is 0 Å². The smallest absolute Gasteiger partial charge is 0.144 e. The standard InChI is InChI=1S/C11H15ClN2O/c12-10-2-1-5-13-11(10)14-6-7-15-8-9-3-4-9/h1-2,5,9H,3-4,6-8H2,(H,13,14). The van der Waals surface area contributed by atoms with E-state index in [0.717, 1.165) is 24.9 Å². The summed E-state index contributed by atoms with van der Waals surface area (Å²) in [5.41, 5.74) is 0. The molecule has 0 aromatic carbocycles. The zero-order valence-electron chi connectivity index (χ0n) is 8.58. The van der Waals surface area contributed by atoms with Gasteiger partial charge in [0.15, 0.2) is 0 Å². The highest BCUT2D eigenvalue weighted by Gasteiger charge is 2.20. The van der Waals surface area contributed by atoms with Crippen LogP contribution in [0.3, 0.4) is 0 Å². The van der Waals surface area contributed by atoms with Crippen molar-refractivity contribution in [2.45, 2.75) is 12.8 Å². The Balaban J connectivity index is 1.62. The molecule has 0 saturated heterocycles. The van der Waals surface area contributed by atoms with Gasteiger partial charge in [0.2, 0.25) is 0 Å². The van der Waals surface area contributed by atoms with Gasteiger partial charge in [-0.2, -0.15) is 0 Å². The van der Waals surface area contributed by atoms with Crippen LogP contribution in [0.4, 0.5) is 5.82 Å². The fraction of sp³-hybridized carbons (Fsp3) is 0.545. The molecule has 0 atom stereocenters. The maximum absolute atomic E-state index is 5.93. The van der Waals surface area contributed by atoms with E-state index in [1.54, 1.807) is 6.20 Å². The van der Waals surface area contributed by atoms with Gasteiger partial charge in [-0.05, 0) is 30.9 Å². The topological polar surface area (TPSA) is 34.2 Å². The third kappa shape index (κ3) is 3.68. The van der Waals surface area contributed by atoms with Gasteiger partial charge in [-0.15, -0.1) is 0 Å². The predicted octanol–water partition coefficient (Wildman–Crippen LogP) is 2.57. The van der Waals surface area contributed by atoms with E-state index >= 15 is 0 Å². The molecule has 82 valence electrons. The van der Waals surface area contributed by atoms with Crippen LogP contribution in [0.1, 0.15) is 12.8 Å². The van der Waals surface area contributed by atoms with E-state index in [2.05, 4.69) is 10.3 Å². The number of nitrogens with one attached hydrogen (secondary N) is 1. The van der Waals surface area contributed by atoms with E-state index in [4.69, 9.17) is 16.3 Å². The largest absolute Gasteiger partial charge is 0.379 e. The lowest BCUT2D eigenvalue weighted by molar-refractivity contribution is 0.134. The Morgan fingerprint density at radius 3 is 3.13 bits per heavy atom. The fourth-order valence-corrected chi connectivity index (χ4v) is 1.48. The zero-order chi connectivity index (χ0) is 10.5. The normalized spacial score (nSPS) is 15.3. The lowest BCUT2D eigenvalue weighted by atomic mass is 10.4. The second-order valence-corrected chi connectivity index (χ2v) is 4.19. The number of halogens is 1. The lowest BCUT2D eigenvalue weighted by Crippen LogP contribution is -2.11. The molecule has 0 unspecified atom stereocenters. The predicted molar refractivity (Wildman–Crippen MR) is 61.3 cm³/mol. The zero-order valence-corrected chi connectivity index (χ0v) is 9.33. The summed E-state index contributed by atoms with van der Waals surface area (Å²) in [6.45, 7) is 2.37. The Labute approximate surface area is 94.8 Å². The quantitative estimate of drug-likeness (QED) is 0.758. The van der Waals surface area contributed by atoms with E-state index < -0.39 is 0 Å². The minimum Gasteiger partial charge on any atom is -0.379 e. The van der Waals surface area contributed by atoms with Crippen LogP contribution >= 0.6 is 11.6 Å². The Morgan fingerprint density at radius 2 is 2.40 bits per heavy atom. The molecule has 15 heavy (non-hydrogen) atoms. The third-order valence-corrected chi connectivity index (χ3v) is 2.65. The number of nitrogens with zero attached hydrogens (tertiary/aromatic N) is 1. The van der Waals surface area contributed by atoms with Crippen molar-refractivity contribution in [2.24, 2.45) is 5.92 Å². The molecule has 1 fully saturated rings. The summed E-state index contributed by atoms with van der Waals surface area (Å²) in [5.74, 6) is 1.55. The molecule has 1 saturated carbocycles. The molecule has 1 heterocycles. The van der Waals surface area contributed by atoms with Crippen molar-refractivity contribution in [3.63, 3.8) is 0 Å². The maximum Gasteiger partial charge on any atom is 0.144 e. The minimum absolute atomic E-state index is 0.652. The fourth-order valence-electron chi connectivity index (χ4n) is 1.29. The first-order valence-corrected chi connectivity index (χ1v) is 5.66. The maximum atomic E-state index is 5.93. The molecular formula is C11H15ClN2O. The number of pyridine rings is 1. The van der Waals surface area contributed by atoms with Crippen molar-refractivity contribution in [3.05, 3.63) is 23.4 Å². The van der Waals surface area contributed by atoms with Crippen molar-refractivity contribution in [2.75, 3.05) is 25.1 Å². The van der Waals surface area contributed by atoms with Crippen LogP contribution in [0, 0.1) is 5.92 Å². The number of hydrogen-bond donors (Lipinski definition) is 1. The highest BCUT2D eigenvalue weighted by atomic mass is 35.5. The van der Waals surface area contributed by atoms with Crippen LogP contribution in [0.15, 0.2) is 18.3 Å². The monoisotopic (exact) mass is 226 g/mol. The first kappa shape index (κ1) is 10.7. The number of ether oxygens (including phenoxy) is 1. The Kier molecular flexibility index (Phi) is 3.80. The summed E-state index contributed by atoms with van der Waals surface area (Å²) in [6.07, 6.45) is 4.39. The third-order valence-electron chi connectivity index (χ3n) is 2.35. The molecule has 1 aliphatic carbocycles. The molecule has 1 N–H and O–H groups in total. The van der Waals surface area contributed by atoms with Crippen molar-refractivity contribution in [1.82, 2.24) is 4.98 Å². The van der Waals surface area contributed by atoms with Crippen LogP contribution in [-0.4, -0.2) is 24.7 Å². The van der Waals surface area contributed by atoms with Gasteiger partial charge < -0.3 is 10.1 Å². The highest BCUT2D eigenvalue weighted by Crippen LogP contribution is 2.28. The summed E-state index contributed by atoms with van der Waals surface area (Å²) in [6, 6.07) is 3.64. The molecule has 2 rings (SSSR count). The van der Waals surface area contributed by atoms with E-state index in [-0.39, 0.29) is 0 Å². The van der Waals surface area contributed by atoms with Crippen molar-refractivity contribution in [3.8, 4) is 0 Å². The molecule has 1 aliphatic rings. The molecule has 4 heteroatoms. The summed E-state index contributed by atoms with van der Waals surface area (Å²) in [4.78, 5) is 4.12. The average molecular weight is 227 g/mol. The Morgan fingerprint density at radius 1 is 1.53 bits per heavy atom. The van der Waals surface area contributed by atoms with Gasteiger partial charge >= 0.3 is 0 Å². The lowest BCUT2D eigenvalue weighted by Gasteiger charge is -2.07. The van der Waals surface area contributed by atoms with Crippen molar-refractivity contribution in [1.29, 1.82) is 0 Å².